The summed E-state index contributed by atoms with van der Waals surface area (Å²) in [5.74, 6) is -1.35. The Hall–Kier alpha value is -2.46. The van der Waals surface area contributed by atoms with Crippen LogP contribution < -0.4 is 16.0 Å². The van der Waals surface area contributed by atoms with Crippen molar-refractivity contribution in [1.29, 1.82) is 0 Å². The lowest BCUT2D eigenvalue weighted by atomic mass is 10.1. The maximum Gasteiger partial charge on any atom is 0.251 e. The molecule has 8 nitrogen and oxygen atoms in total. The highest BCUT2D eigenvalue weighted by Gasteiger charge is 2.36. The molecule has 2 aliphatic heterocycles. The number of carbonyl (C=O) groups is 2. The number of nitrogens with two attached hydrogens (primary N) is 1. The first-order chi connectivity index (χ1) is 15.2. The molecule has 1 saturated heterocycles. The van der Waals surface area contributed by atoms with E-state index >= 15 is 0 Å². The topological polar surface area (TPSA) is 119 Å². The number of nitrogens with zero attached hydrogens (tertiary/aromatic N) is 1. The number of ether oxygens (including phenoxy) is 1. The highest BCUT2D eigenvalue weighted by Crippen LogP contribution is 2.32. The quantitative estimate of drug-likeness (QED) is 0.694. The van der Waals surface area contributed by atoms with Gasteiger partial charge in [-0.25, -0.2) is 8.42 Å². The molecular formula is C22H24ClN3O5S. The smallest absolute Gasteiger partial charge is 0.251 e. The van der Waals surface area contributed by atoms with Crippen molar-refractivity contribution in [2.24, 2.45) is 5.73 Å². The Morgan fingerprint density at radius 1 is 1.16 bits per heavy atom. The molecule has 10 heteroatoms. The second kappa shape index (κ2) is 9.19. The number of nitrogens with one attached hydrogen (secondary N) is 1. The summed E-state index contributed by atoms with van der Waals surface area (Å²) in [6.07, 6.45) is 1.42. The zero-order chi connectivity index (χ0) is 22.9. The fourth-order valence-electron chi connectivity index (χ4n) is 3.90. The van der Waals surface area contributed by atoms with E-state index in [0.717, 1.165) is 5.56 Å². The number of sulfone groups is 1. The Balaban J connectivity index is 1.72. The monoisotopic (exact) mass is 477 g/mol. The number of halogens is 1. The molecule has 2 aromatic rings. The normalized spacial score (nSPS) is 21.0. The van der Waals surface area contributed by atoms with Gasteiger partial charge < -0.3 is 20.7 Å². The van der Waals surface area contributed by atoms with Gasteiger partial charge >= 0.3 is 0 Å². The van der Waals surface area contributed by atoms with Crippen LogP contribution in [0, 0.1) is 0 Å². The summed E-state index contributed by atoms with van der Waals surface area (Å²) in [6, 6.07) is 9.95. The van der Waals surface area contributed by atoms with E-state index in [2.05, 4.69) is 5.32 Å². The maximum atomic E-state index is 13.1. The van der Waals surface area contributed by atoms with Crippen molar-refractivity contribution < 1.29 is 22.7 Å². The number of anilines is 1. The minimum Gasteiger partial charge on any atom is -0.381 e. The van der Waals surface area contributed by atoms with E-state index in [1.54, 1.807) is 24.3 Å². The van der Waals surface area contributed by atoms with E-state index in [4.69, 9.17) is 22.1 Å². The summed E-state index contributed by atoms with van der Waals surface area (Å²) in [7, 11) is -3.82. The fraction of sp³-hybridized carbons (Fsp3) is 0.364. The molecule has 170 valence electrons. The van der Waals surface area contributed by atoms with Crippen LogP contribution in [0.15, 0.2) is 47.4 Å². The molecule has 1 atom stereocenters. The van der Waals surface area contributed by atoms with Crippen LogP contribution in [0.2, 0.25) is 5.02 Å². The number of carbonyl (C=O) groups excluding carboxylic acids is 2. The van der Waals surface area contributed by atoms with Gasteiger partial charge in [0, 0.05) is 29.8 Å². The third kappa shape index (κ3) is 4.80. The van der Waals surface area contributed by atoms with E-state index in [1.165, 1.54) is 23.1 Å². The van der Waals surface area contributed by atoms with Gasteiger partial charge in [0.05, 0.1) is 28.9 Å². The summed E-state index contributed by atoms with van der Waals surface area (Å²) in [4.78, 5) is 27.2. The van der Waals surface area contributed by atoms with Gasteiger partial charge in [-0.2, -0.15) is 0 Å². The van der Waals surface area contributed by atoms with Crippen molar-refractivity contribution in [3.63, 3.8) is 0 Å². The van der Waals surface area contributed by atoms with Crippen molar-refractivity contribution in [3.8, 4) is 0 Å². The molecular weight excluding hydrogens is 454 g/mol. The van der Waals surface area contributed by atoms with Crippen molar-refractivity contribution in [2.45, 2.75) is 36.4 Å². The number of rotatable bonds is 4. The molecule has 0 saturated carbocycles. The average molecular weight is 478 g/mol. The predicted octanol–water partition coefficient (Wildman–Crippen LogP) is 1.90. The summed E-state index contributed by atoms with van der Waals surface area (Å²) in [5.41, 5.74) is 7.11. The molecule has 0 aromatic heterocycles. The van der Waals surface area contributed by atoms with Crippen LogP contribution in [0.4, 0.5) is 5.69 Å². The SMILES string of the molecule is N[C@H]1CS(=O)(=O)c2ccc(C(=O)NC3CCOCC3)cc2N(Cc2ccc(Cl)cc2)C1=O. The van der Waals surface area contributed by atoms with Gasteiger partial charge in [-0.3, -0.25) is 9.59 Å². The first kappa shape index (κ1) is 22.7. The van der Waals surface area contributed by atoms with E-state index in [-0.39, 0.29) is 34.6 Å². The van der Waals surface area contributed by atoms with Gasteiger partial charge in [0.2, 0.25) is 5.91 Å². The molecule has 2 aliphatic rings. The van der Waals surface area contributed by atoms with Crippen LogP contribution in [0.3, 0.4) is 0 Å². The maximum absolute atomic E-state index is 13.1. The molecule has 4 rings (SSSR count). The zero-order valence-electron chi connectivity index (χ0n) is 17.3. The summed E-state index contributed by atoms with van der Waals surface area (Å²) >= 11 is 5.95. The average Bonchev–Trinajstić information content (AvgIpc) is 2.84. The van der Waals surface area contributed by atoms with E-state index in [0.29, 0.717) is 31.1 Å². The number of amides is 2. The van der Waals surface area contributed by atoms with Gasteiger partial charge in [0.15, 0.2) is 9.84 Å². The van der Waals surface area contributed by atoms with Gasteiger partial charge in [0.1, 0.15) is 0 Å². The van der Waals surface area contributed by atoms with Gasteiger partial charge in [-0.15, -0.1) is 0 Å². The molecule has 0 aliphatic carbocycles. The van der Waals surface area contributed by atoms with Gasteiger partial charge in [-0.1, -0.05) is 23.7 Å². The molecule has 2 amide bonds. The summed E-state index contributed by atoms with van der Waals surface area (Å²) in [5, 5.41) is 3.50. The first-order valence-electron chi connectivity index (χ1n) is 10.3. The minimum absolute atomic E-state index is 0.0148. The minimum atomic E-state index is -3.82. The largest absolute Gasteiger partial charge is 0.381 e. The lowest BCUT2D eigenvalue weighted by Gasteiger charge is -2.25. The van der Waals surface area contributed by atoms with Crippen LogP contribution in [0.1, 0.15) is 28.8 Å². The highest BCUT2D eigenvalue weighted by molar-refractivity contribution is 7.91. The van der Waals surface area contributed by atoms with Crippen LogP contribution in [0.5, 0.6) is 0 Å². The molecule has 1 fully saturated rings. The molecule has 2 aromatic carbocycles. The number of fused-ring (bicyclic) bond motifs is 1. The summed E-state index contributed by atoms with van der Waals surface area (Å²) in [6.45, 7) is 1.25. The first-order valence-corrected chi connectivity index (χ1v) is 12.3. The summed E-state index contributed by atoms with van der Waals surface area (Å²) < 4.78 is 31.1. The molecule has 2 heterocycles. The van der Waals surface area contributed by atoms with Crippen LogP contribution >= 0.6 is 11.6 Å². The lowest BCUT2D eigenvalue weighted by molar-refractivity contribution is -0.119. The molecule has 3 N–H and O–H groups in total. The number of benzene rings is 2. The number of hydrogen-bond acceptors (Lipinski definition) is 6. The van der Waals surface area contributed by atoms with Gasteiger partial charge in [0.25, 0.3) is 5.91 Å². The molecule has 0 radical (unpaired) electrons. The Kier molecular flexibility index (Phi) is 6.52. The standard InChI is InChI=1S/C22H24ClN3O5S/c23-16-4-1-14(2-5-16)12-26-19-11-15(21(27)25-17-7-9-31-10-8-17)3-6-20(19)32(29,30)13-18(24)22(26)28/h1-6,11,17-18H,7-10,12-13,24H2,(H,25,27)/t18-/m0/s1. The molecule has 0 bridgehead atoms. The van der Waals surface area contributed by atoms with Crippen molar-refractivity contribution in [3.05, 3.63) is 58.6 Å². The Morgan fingerprint density at radius 3 is 2.53 bits per heavy atom. The Bertz CT molecular complexity index is 1130. The second-order valence-corrected chi connectivity index (χ2v) is 10.4. The second-order valence-electron chi connectivity index (χ2n) is 7.98. The van der Waals surface area contributed by atoms with Crippen LogP contribution in [-0.4, -0.2) is 51.3 Å². The van der Waals surface area contributed by atoms with E-state index < -0.39 is 27.5 Å². The third-order valence-electron chi connectivity index (χ3n) is 5.64. The van der Waals surface area contributed by atoms with Crippen molar-refractivity contribution in [2.75, 3.05) is 23.9 Å². The number of hydrogen-bond donors (Lipinski definition) is 2. The van der Waals surface area contributed by atoms with E-state index in [1.807, 2.05) is 0 Å². The fourth-order valence-corrected chi connectivity index (χ4v) is 5.58. The lowest BCUT2D eigenvalue weighted by Crippen LogP contribution is -2.45. The highest BCUT2D eigenvalue weighted by atomic mass is 35.5. The van der Waals surface area contributed by atoms with Gasteiger partial charge in [-0.05, 0) is 48.7 Å². The van der Waals surface area contributed by atoms with Crippen LogP contribution in [0.25, 0.3) is 0 Å². The molecule has 0 spiro atoms. The molecule has 0 unspecified atom stereocenters. The zero-order valence-corrected chi connectivity index (χ0v) is 18.9. The predicted molar refractivity (Wildman–Crippen MR) is 120 cm³/mol. The van der Waals surface area contributed by atoms with Crippen molar-refractivity contribution >= 4 is 38.9 Å². The van der Waals surface area contributed by atoms with Crippen molar-refractivity contribution in [1.82, 2.24) is 5.32 Å². The molecule has 32 heavy (non-hydrogen) atoms. The van der Waals surface area contributed by atoms with Crippen LogP contribution in [-0.2, 0) is 25.9 Å². The Morgan fingerprint density at radius 2 is 1.84 bits per heavy atom. The van der Waals surface area contributed by atoms with E-state index in [9.17, 15) is 18.0 Å². The third-order valence-corrected chi connectivity index (χ3v) is 7.70. The Labute approximate surface area is 191 Å².